The Bertz CT molecular complexity index is 704. The van der Waals surface area contributed by atoms with Gasteiger partial charge in [0.1, 0.15) is 0 Å². The predicted molar refractivity (Wildman–Crippen MR) is 105 cm³/mol. The van der Waals surface area contributed by atoms with Gasteiger partial charge in [-0.25, -0.2) is 0 Å². The van der Waals surface area contributed by atoms with Crippen molar-refractivity contribution in [3.63, 3.8) is 0 Å². The van der Waals surface area contributed by atoms with E-state index in [1.807, 2.05) is 35.2 Å². The number of piperidine rings is 1. The van der Waals surface area contributed by atoms with Crippen LogP contribution in [0.15, 0.2) is 41.8 Å². The number of amides is 2. The van der Waals surface area contributed by atoms with Crippen LogP contribution in [-0.2, 0) is 17.8 Å². The van der Waals surface area contributed by atoms with Crippen LogP contribution in [0, 0.1) is 0 Å². The molecule has 3 rings (SSSR count). The second kappa shape index (κ2) is 9.53. The quantitative estimate of drug-likeness (QED) is 0.800. The average Bonchev–Trinajstić information content (AvgIpc) is 3.20. The lowest BCUT2D eigenvalue weighted by Gasteiger charge is -2.26. The van der Waals surface area contributed by atoms with Gasteiger partial charge in [-0.3, -0.25) is 9.59 Å². The van der Waals surface area contributed by atoms with Gasteiger partial charge < -0.3 is 10.2 Å². The number of rotatable bonds is 7. The molecule has 5 heteroatoms. The number of nitrogens with one attached hydrogen (secondary N) is 1. The minimum absolute atomic E-state index is 0.0787. The summed E-state index contributed by atoms with van der Waals surface area (Å²) in [4.78, 5) is 27.7. The van der Waals surface area contributed by atoms with Gasteiger partial charge in [0.05, 0.1) is 0 Å². The van der Waals surface area contributed by atoms with Crippen LogP contribution in [-0.4, -0.2) is 29.8 Å². The maximum absolute atomic E-state index is 12.4. The standard InChI is InChI=1S/C21H26N2O2S/c24-20(8-4-6-19-7-5-15-26-19)22-16-17-9-11-18(12-10-17)21(25)23-13-2-1-3-14-23/h5,7,9-12,15H,1-4,6,8,13-14,16H2,(H,22,24). The summed E-state index contributed by atoms with van der Waals surface area (Å²) >= 11 is 1.74. The van der Waals surface area contributed by atoms with Crippen molar-refractivity contribution < 1.29 is 9.59 Å². The Labute approximate surface area is 159 Å². The summed E-state index contributed by atoms with van der Waals surface area (Å²) in [5.74, 6) is 0.198. The lowest BCUT2D eigenvalue weighted by molar-refractivity contribution is -0.121. The highest BCUT2D eigenvalue weighted by Gasteiger charge is 2.17. The number of carbonyl (C=O) groups is 2. The molecule has 0 unspecified atom stereocenters. The number of hydrogen-bond donors (Lipinski definition) is 1. The maximum atomic E-state index is 12.4. The van der Waals surface area contributed by atoms with E-state index in [9.17, 15) is 9.59 Å². The monoisotopic (exact) mass is 370 g/mol. The highest BCUT2D eigenvalue weighted by molar-refractivity contribution is 7.09. The molecule has 0 radical (unpaired) electrons. The van der Waals surface area contributed by atoms with Gasteiger partial charge in [0.25, 0.3) is 5.91 Å². The normalized spacial score (nSPS) is 14.2. The van der Waals surface area contributed by atoms with Gasteiger partial charge in [0.15, 0.2) is 0 Å². The third-order valence-corrected chi connectivity index (χ3v) is 5.68. The van der Waals surface area contributed by atoms with Gasteiger partial charge in [-0.2, -0.15) is 0 Å². The van der Waals surface area contributed by atoms with E-state index in [4.69, 9.17) is 0 Å². The van der Waals surface area contributed by atoms with E-state index in [0.29, 0.717) is 13.0 Å². The minimum Gasteiger partial charge on any atom is -0.352 e. The first-order valence-electron chi connectivity index (χ1n) is 9.40. The molecular formula is C21H26N2O2S. The largest absolute Gasteiger partial charge is 0.352 e. The van der Waals surface area contributed by atoms with Crippen LogP contribution >= 0.6 is 11.3 Å². The van der Waals surface area contributed by atoms with E-state index < -0.39 is 0 Å². The van der Waals surface area contributed by atoms with Crippen LogP contribution in [0.4, 0.5) is 0 Å². The van der Waals surface area contributed by atoms with Gasteiger partial charge in [0.2, 0.25) is 5.91 Å². The number of thiophene rings is 1. The van der Waals surface area contributed by atoms with Crippen LogP contribution in [0.3, 0.4) is 0 Å². The zero-order valence-corrected chi connectivity index (χ0v) is 15.9. The predicted octanol–water partition coefficient (Wildman–Crippen LogP) is 4.01. The number of hydrogen-bond acceptors (Lipinski definition) is 3. The summed E-state index contributed by atoms with van der Waals surface area (Å²) in [5, 5.41) is 5.02. The molecule has 1 aromatic heterocycles. The number of nitrogens with zero attached hydrogens (tertiary/aromatic N) is 1. The van der Waals surface area contributed by atoms with Crippen LogP contribution in [0.5, 0.6) is 0 Å². The molecule has 1 aliphatic rings. The first kappa shape index (κ1) is 18.6. The summed E-state index contributed by atoms with van der Waals surface area (Å²) in [5.41, 5.74) is 1.75. The summed E-state index contributed by atoms with van der Waals surface area (Å²) in [6.07, 6.45) is 5.79. The molecule has 138 valence electrons. The molecule has 2 amide bonds. The number of benzene rings is 1. The third kappa shape index (κ3) is 5.43. The van der Waals surface area contributed by atoms with Crippen molar-refractivity contribution in [1.82, 2.24) is 10.2 Å². The molecule has 2 heterocycles. The molecule has 1 aromatic carbocycles. The Morgan fingerprint density at radius 2 is 1.81 bits per heavy atom. The second-order valence-corrected chi connectivity index (χ2v) is 7.79. The van der Waals surface area contributed by atoms with Gasteiger partial charge in [-0.1, -0.05) is 18.2 Å². The summed E-state index contributed by atoms with van der Waals surface area (Å²) in [6.45, 7) is 2.24. The Balaban J connectivity index is 1.40. The fourth-order valence-electron chi connectivity index (χ4n) is 3.21. The molecule has 0 atom stereocenters. The van der Waals surface area contributed by atoms with E-state index in [-0.39, 0.29) is 11.8 Å². The number of aryl methyl sites for hydroxylation is 1. The molecule has 2 aromatic rings. The third-order valence-electron chi connectivity index (χ3n) is 4.74. The minimum atomic E-state index is 0.0787. The van der Waals surface area contributed by atoms with Gasteiger partial charge in [0, 0.05) is 36.5 Å². The van der Waals surface area contributed by atoms with Crippen LogP contribution < -0.4 is 5.32 Å². The summed E-state index contributed by atoms with van der Waals surface area (Å²) in [6, 6.07) is 11.8. The Morgan fingerprint density at radius 1 is 1.04 bits per heavy atom. The second-order valence-electron chi connectivity index (χ2n) is 6.76. The average molecular weight is 371 g/mol. The topological polar surface area (TPSA) is 49.4 Å². The van der Waals surface area contributed by atoms with Crippen molar-refractivity contribution in [2.24, 2.45) is 0 Å². The van der Waals surface area contributed by atoms with Crippen molar-refractivity contribution in [2.45, 2.75) is 45.1 Å². The van der Waals surface area contributed by atoms with Gasteiger partial charge in [-0.15, -0.1) is 11.3 Å². The Kier molecular flexibility index (Phi) is 6.83. The Hall–Kier alpha value is -2.14. The molecule has 0 aliphatic carbocycles. The van der Waals surface area contributed by atoms with Crippen LogP contribution in [0.2, 0.25) is 0 Å². The van der Waals surface area contributed by atoms with Crippen molar-refractivity contribution in [3.8, 4) is 0 Å². The lowest BCUT2D eigenvalue weighted by Crippen LogP contribution is -2.35. The van der Waals surface area contributed by atoms with E-state index in [0.717, 1.165) is 49.9 Å². The SMILES string of the molecule is O=C(CCCc1cccs1)NCc1ccc(C(=O)N2CCCCC2)cc1. The smallest absolute Gasteiger partial charge is 0.253 e. The van der Waals surface area contributed by atoms with E-state index in [2.05, 4.69) is 16.8 Å². The van der Waals surface area contributed by atoms with Gasteiger partial charge in [-0.05, 0) is 61.2 Å². The highest BCUT2D eigenvalue weighted by atomic mass is 32.1. The molecule has 0 saturated carbocycles. The molecule has 1 aliphatic heterocycles. The van der Waals surface area contributed by atoms with Crippen molar-refractivity contribution in [1.29, 1.82) is 0 Å². The van der Waals surface area contributed by atoms with Gasteiger partial charge >= 0.3 is 0 Å². The first-order chi connectivity index (χ1) is 12.7. The van der Waals surface area contributed by atoms with Crippen molar-refractivity contribution >= 4 is 23.2 Å². The van der Waals surface area contributed by atoms with E-state index in [1.54, 1.807) is 11.3 Å². The van der Waals surface area contributed by atoms with Crippen LogP contribution in [0.1, 0.15) is 52.9 Å². The van der Waals surface area contributed by atoms with Crippen LogP contribution in [0.25, 0.3) is 0 Å². The molecule has 1 saturated heterocycles. The number of carbonyl (C=O) groups excluding carboxylic acids is 2. The van der Waals surface area contributed by atoms with E-state index >= 15 is 0 Å². The molecule has 1 N–H and O–H groups in total. The van der Waals surface area contributed by atoms with E-state index in [1.165, 1.54) is 11.3 Å². The zero-order chi connectivity index (χ0) is 18.2. The van der Waals surface area contributed by atoms with Crippen molar-refractivity contribution in [2.75, 3.05) is 13.1 Å². The van der Waals surface area contributed by atoms with Crippen molar-refractivity contribution in [3.05, 3.63) is 57.8 Å². The first-order valence-corrected chi connectivity index (χ1v) is 10.3. The summed E-state index contributed by atoms with van der Waals surface area (Å²) in [7, 11) is 0. The molecule has 26 heavy (non-hydrogen) atoms. The fourth-order valence-corrected chi connectivity index (χ4v) is 3.96. The molecule has 1 fully saturated rings. The number of likely N-dealkylation sites (tertiary alicyclic amines) is 1. The molecule has 4 nitrogen and oxygen atoms in total. The zero-order valence-electron chi connectivity index (χ0n) is 15.1. The molecular weight excluding hydrogens is 344 g/mol. The summed E-state index contributed by atoms with van der Waals surface area (Å²) < 4.78 is 0. The molecule has 0 spiro atoms. The lowest BCUT2D eigenvalue weighted by atomic mass is 10.1. The fraction of sp³-hybridized carbons (Fsp3) is 0.429. The maximum Gasteiger partial charge on any atom is 0.253 e. The molecule has 0 bridgehead atoms. The Morgan fingerprint density at radius 3 is 2.50 bits per heavy atom. The highest BCUT2D eigenvalue weighted by Crippen LogP contribution is 2.14.